The molecule has 0 aromatic heterocycles. The molecule has 0 bridgehead atoms. The van der Waals surface area contributed by atoms with E-state index >= 15 is 0 Å². The number of nitrogens with one attached hydrogen (secondary N) is 1. The molecule has 0 aliphatic heterocycles. The smallest absolute Gasteiger partial charge is 0.417 e. The normalized spacial score (nSPS) is 11.7. The number of hydrogen-bond donors (Lipinski definition) is 2. The zero-order valence-corrected chi connectivity index (χ0v) is 12.1. The Hall–Kier alpha value is -1.72. The van der Waals surface area contributed by atoms with E-state index in [1.165, 1.54) is 6.07 Å². The molecule has 1 aromatic rings. The van der Waals surface area contributed by atoms with Crippen molar-refractivity contribution in [3.8, 4) is 0 Å². The van der Waals surface area contributed by atoms with Crippen LogP contribution in [-0.4, -0.2) is 17.6 Å². The molecule has 0 heterocycles. The van der Waals surface area contributed by atoms with E-state index in [1.807, 2.05) is 0 Å². The molecule has 0 unspecified atom stereocenters. The average Bonchev–Trinajstić information content (AvgIpc) is 2.36. The molecule has 0 amide bonds. The Morgan fingerprint density at radius 1 is 1.29 bits per heavy atom. The van der Waals surface area contributed by atoms with Crippen molar-refractivity contribution in [2.75, 3.05) is 11.9 Å². The SMILES string of the molecule is CC(C)CCCCNc1ccc(C(=O)O)c(C(F)(F)F)c1. The van der Waals surface area contributed by atoms with Gasteiger partial charge in [0.25, 0.3) is 0 Å². The summed E-state index contributed by atoms with van der Waals surface area (Å²) in [7, 11) is 0. The molecule has 1 aromatic carbocycles. The van der Waals surface area contributed by atoms with E-state index in [2.05, 4.69) is 19.2 Å². The Morgan fingerprint density at radius 2 is 1.95 bits per heavy atom. The highest BCUT2D eigenvalue weighted by Crippen LogP contribution is 2.33. The number of carboxylic acid groups (broad SMARTS) is 1. The van der Waals surface area contributed by atoms with Gasteiger partial charge in [-0.05, 0) is 30.5 Å². The third-order valence-corrected chi connectivity index (χ3v) is 3.09. The third kappa shape index (κ3) is 5.65. The summed E-state index contributed by atoms with van der Waals surface area (Å²) in [6.07, 6.45) is -1.74. The van der Waals surface area contributed by atoms with Crippen LogP contribution in [0.1, 0.15) is 49.0 Å². The van der Waals surface area contributed by atoms with Crippen molar-refractivity contribution in [2.45, 2.75) is 39.3 Å². The minimum Gasteiger partial charge on any atom is -0.478 e. The number of anilines is 1. The van der Waals surface area contributed by atoms with Crippen LogP contribution in [0.5, 0.6) is 0 Å². The second-order valence-corrected chi connectivity index (χ2v) is 5.38. The minimum absolute atomic E-state index is 0.289. The van der Waals surface area contributed by atoms with Gasteiger partial charge in [-0.2, -0.15) is 13.2 Å². The van der Waals surface area contributed by atoms with Gasteiger partial charge in [0.15, 0.2) is 0 Å². The Labute approximate surface area is 122 Å². The van der Waals surface area contributed by atoms with Gasteiger partial charge >= 0.3 is 12.1 Å². The highest BCUT2D eigenvalue weighted by molar-refractivity contribution is 5.90. The average molecular weight is 303 g/mol. The first-order valence-electron chi connectivity index (χ1n) is 6.90. The zero-order chi connectivity index (χ0) is 16.0. The van der Waals surface area contributed by atoms with Crippen molar-refractivity contribution in [1.29, 1.82) is 0 Å². The molecule has 3 nitrogen and oxygen atoms in total. The number of carbonyl (C=O) groups is 1. The van der Waals surface area contributed by atoms with Crippen molar-refractivity contribution in [3.05, 3.63) is 29.3 Å². The van der Waals surface area contributed by atoms with Crippen molar-refractivity contribution in [2.24, 2.45) is 5.92 Å². The van der Waals surface area contributed by atoms with Gasteiger partial charge in [0.1, 0.15) is 0 Å². The van der Waals surface area contributed by atoms with Crippen molar-refractivity contribution >= 4 is 11.7 Å². The molecule has 0 aliphatic rings. The summed E-state index contributed by atoms with van der Waals surface area (Å²) in [4.78, 5) is 10.8. The number of alkyl halides is 3. The number of unbranched alkanes of at least 4 members (excludes halogenated alkanes) is 1. The van der Waals surface area contributed by atoms with Crippen molar-refractivity contribution in [3.63, 3.8) is 0 Å². The Morgan fingerprint density at radius 3 is 2.48 bits per heavy atom. The summed E-state index contributed by atoms with van der Waals surface area (Å²) < 4.78 is 38.5. The lowest BCUT2D eigenvalue weighted by atomic mass is 10.1. The van der Waals surface area contributed by atoms with Gasteiger partial charge < -0.3 is 10.4 Å². The van der Waals surface area contributed by atoms with Gasteiger partial charge in [-0.1, -0.05) is 26.7 Å². The van der Waals surface area contributed by atoms with Crippen LogP contribution in [0.3, 0.4) is 0 Å². The number of benzene rings is 1. The van der Waals surface area contributed by atoms with Crippen LogP contribution in [0, 0.1) is 5.92 Å². The van der Waals surface area contributed by atoms with E-state index in [-0.39, 0.29) is 5.69 Å². The summed E-state index contributed by atoms with van der Waals surface area (Å²) in [5.41, 5.74) is -1.56. The van der Waals surface area contributed by atoms with Crippen LogP contribution in [0.2, 0.25) is 0 Å². The fraction of sp³-hybridized carbons (Fsp3) is 0.533. The standard InChI is InChI=1S/C15H20F3NO2/c1-10(2)5-3-4-8-19-11-6-7-12(14(20)21)13(9-11)15(16,17)18/h6-7,9-10,19H,3-5,8H2,1-2H3,(H,20,21). The molecule has 0 atom stereocenters. The van der Waals surface area contributed by atoms with E-state index in [1.54, 1.807) is 0 Å². The monoisotopic (exact) mass is 303 g/mol. The molecular weight excluding hydrogens is 283 g/mol. The highest BCUT2D eigenvalue weighted by Gasteiger charge is 2.35. The molecule has 118 valence electrons. The van der Waals surface area contributed by atoms with Gasteiger partial charge in [-0.3, -0.25) is 0 Å². The second-order valence-electron chi connectivity index (χ2n) is 5.38. The third-order valence-electron chi connectivity index (χ3n) is 3.09. The molecule has 0 fully saturated rings. The molecule has 21 heavy (non-hydrogen) atoms. The van der Waals surface area contributed by atoms with Gasteiger partial charge in [-0.15, -0.1) is 0 Å². The summed E-state index contributed by atoms with van der Waals surface area (Å²) in [6.45, 7) is 4.80. The topological polar surface area (TPSA) is 49.3 Å². The lowest BCUT2D eigenvalue weighted by molar-refractivity contribution is -0.138. The molecule has 0 radical (unpaired) electrons. The lowest BCUT2D eigenvalue weighted by Gasteiger charge is -2.13. The molecule has 0 aliphatic carbocycles. The van der Waals surface area contributed by atoms with Crippen LogP contribution in [0.4, 0.5) is 18.9 Å². The lowest BCUT2D eigenvalue weighted by Crippen LogP contribution is -2.14. The molecule has 6 heteroatoms. The number of aromatic carboxylic acids is 1. The summed E-state index contributed by atoms with van der Waals surface area (Å²) in [6, 6.07) is 3.20. The predicted octanol–water partition coefficient (Wildman–Crippen LogP) is 4.64. The van der Waals surface area contributed by atoms with Crippen LogP contribution in [-0.2, 0) is 6.18 Å². The van der Waals surface area contributed by atoms with Crippen molar-refractivity contribution < 1.29 is 23.1 Å². The van der Waals surface area contributed by atoms with E-state index in [0.29, 0.717) is 12.5 Å². The van der Waals surface area contributed by atoms with E-state index in [4.69, 9.17) is 5.11 Å². The van der Waals surface area contributed by atoms with E-state index in [0.717, 1.165) is 31.4 Å². The van der Waals surface area contributed by atoms with Crippen molar-refractivity contribution in [1.82, 2.24) is 0 Å². The summed E-state index contributed by atoms with van der Waals surface area (Å²) in [5, 5.41) is 11.7. The maximum absolute atomic E-state index is 12.8. The van der Waals surface area contributed by atoms with Crippen LogP contribution in [0.15, 0.2) is 18.2 Å². The van der Waals surface area contributed by atoms with Crippen LogP contribution < -0.4 is 5.32 Å². The summed E-state index contributed by atoms with van der Waals surface area (Å²) >= 11 is 0. The maximum atomic E-state index is 12.8. The Kier molecular flexibility index (Phi) is 6.05. The number of hydrogen-bond acceptors (Lipinski definition) is 2. The van der Waals surface area contributed by atoms with Gasteiger partial charge in [0.05, 0.1) is 11.1 Å². The minimum atomic E-state index is -4.68. The molecule has 1 rings (SSSR count). The number of rotatable bonds is 7. The molecule has 2 N–H and O–H groups in total. The first-order valence-corrected chi connectivity index (χ1v) is 6.90. The molecular formula is C15H20F3NO2. The highest BCUT2D eigenvalue weighted by atomic mass is 19.4. The van der Waals surface area contributed by atoms with E-state index < -0.39 is 23.3 Å². The van der Waals surface area contributed by atoms with Gasteiger partial charge in [0.2, 0.25) is 0 Å². The molecule has 0 saturated heterocycles. The fourth-order valence-electron chi connectivity index (χ4n) is 1.99. The Bertz CT molecular complexity index is 484. The quantitative estimate of drug-likeness (QED) is 0.721. The number of halogens is 3. The van der Waals surface area contributed by atoms with Gasteiger partial charge in [-0.25, -0.2) is 4.79 Å². The second kappa shape index (κ2) is 7.33. The first-order chi connectivity index (χ1) is 9.71. The summed E-state index contributed by atoms with van der Waals surface area (Å²) in [5.74, 6) is -0.970. The van der Waals surface area contributed by atoms with Crippen LogP contribution in [0.25, 0.3) is 0 Å². The first kappa shape index (κ1) is 17.3. The largest absolute Gasteiger partial charge is 0.478 e. The predicted molar refractivity (Wildman–Crippen MR) is 75.6 cm³/mol. The van der Waals surface area contributed by atoms with E-state index in [9.17, 15) is 18.0 Å². The fourth-order valence-corrected chi connectivity index (χ4v) is 1.99. The molecule has 0 saturated carbocycles. The zero-order valence-electron chi connectivity index (χ0n) is 12.1. The van der Waals surface area contributed by atoms with Crippen LogP contribution >= 0.6 is 0 Å². The maximum Gasteiger partial charge on any atom is 0.417 e. The molecule has 0 spiro atoms. The number of carboxylic acids is 1. The van der Waals surface area contributed by atoms with Gasteiger partial charge in [0, 0.05) is 12.2 Å². The Balaban J connectivity index is 2.71.